The van der Waals surface area contributed by atoms with Crippen molar-refractivity contribution in [3.63, 3.8) is 0 Å². The fourth-order valence-corrected chi connectivity index (χ4v) is 1.65. The maximum Gasteiger partial charge on any atom is 0.336 e. The molecule has 0 radical (unpaired) electrons. The molecule has 0 atom stereocenters. The summed E-state index contributed by atoms with van der Waals surface area (Å²) >= 11 is 0. The zero-order valence-electron chi connectivity index (χ0n) is 8.54. The van der Waals surface area contributed by atoms with E-state index < -0.39 is 11.9 Å². The van der Waals surface area contributed by atoms with E-state index in [9.17, 15) is 14.7 Å². The Morgan fingerprint density at radius 2 is 1.65 bits per heavy atom. The summed E-state index contributed by atoms with van der Waals surface area (Å²) in [5.74, 6) is -2.49. The van der Waals surface area contributed by atoms with E-state index in [1.54, 1.807) is 0 Å². The average Bonchev–Trinajstić information content (AvgIpc) is 2.27. The Morgan fingerprint density at radius 3 is 2.24 bits per heavy atom. The highest BCUT2D eigenvalue weighted by atomic mass is 16.4. The minimum absolute atomic E-state index is 0.0666. The minimum Gasteiger partial charge on any atom is -0.508 e. The number of carboxylic acid groups (broad SMARTS) is 2. The third-order valence-electron chi connectivity index (χ3n) is 2.42. The molecule has 0 bridgehead atoms. The molecule has 0 spiro atoms. The summed E-state index contributed by atoms with van der Waals surface area (Å²) in [7, 11) is 0. The number of benzene rings is 2. The Hall–Kier alpha value is -2.56. The van der Waals surface area contributed by atoms with Gasteiger partial charge in [-0.2, -0.15) is 0 Å². The van der Waals surface area contributed by atoms with E-state index in [-0.39, 0.29) is 16.9 Å². The number of aromatic hydroxyl groups is 1. The van der Waals surface area contributed by atoms with Crippen LogP contribution >= 0.6 is 0 Å². The summed E-state index contributed by atoms with van der Waals surface area (Å²) in [5.41, 5.74) is -0.239. The first-order valence-electron chi connectivity index (χ1n) is 4.72. The molecule has 3 N–H and O–H groups in total. The number of carbonyl (C=O) groups is 2. The standard InChI is InChI=1S/C12H8O5/c13-8-2-1-6-3-7(11(14)15)4-10(12(16)17)9(6)5-8/h1-5,13H,(H,14,15)(H,16,17). The van der Waals surface area contributed by atoms with E-state index in [2.05, 4.69) is 0 Å². The zero-order valence-corrected chi connectivity index (χ0v) is 8.54. The number of phenols is 1. The van der Waals surface area contributed by atoms with Gasteiger partial charge in [-0.25, -0.2) is 9.59 Å². The van der Waals surface area contributed by atoms with Crippen LogP contribution in [0.1, 0.15) is 20.7 Å². The largest absolute Gasteiger partial charge is 0.508 e. The summed E-state index contributed by atoms with van der Waals surface area (Å²) in [5, 5.41) is 27.9. The fraction of sp³-hybridized carbons (Fsp3) is 0. The molecular weight excluding hydrogens is 224 g/mol. The van der Waals surface area contributed by atoms with Crippen molar-refractivity contribution in [1.29, 1.82) is 0 Å². The Balaban J connectivity index is 2.86. The summed E-state index contributed by atoms with van der Waals surface area (Å²) in [6, 6.07) is 6.59. The van der Waals surface area contributed by atoms with E-state index in [0.29, 0.717) is 10.8 Å². The third kappa shape index (κ3) is 1.90. The second kappa shape index (κ2) is 3.79. The molecule has 0 saturated carbocycles. The summed E-state index contributed by atoms with van der Waals surface area (Å²) < 4.78 is 0. The Bertz CT molecular complexity index is 630. The number of fused-ring (bicyclic) bond motifs is 1. The van der Waals surface area contributed by atoms with Gasteiger partial charge in [-0.05, 0) is 35.0 Å². The number of hydrogen-bond donors (Lipinski definition) is 3. The van der Waals surface area contributed by atoms with Gasteiger partial charge in [0, 0.05) is 0 Å². The van der Waals surface area contributed by atoms with Crippen molar-refractivity contribution >= 4 is 22.7 Å². The number of rotatable bonds is 2. The molecule has 0 fully saturated rings. The second-order valence-electron chi connectivity index (χ2n) is 3.54. The molecule has 0 aliphatic carbocycles. The summed E-state index contributed by atoms with van der Waals surface area (Å²) in [4.78, 5) is 21.9. The van der Waals surface area contributed by atoms with Crippen LogP contribution in [0, 0.1) is 0 Å². The van der Waals surface area contributed by atoms with E-state index in [0.717, 1.165) is 6.07 Å². The first kappa shape index (κ1) is 10.9. The Morgan fingerprint density at radius 1 is 0.941 bits per heavy atom. The lowest BCUT2D eigenvalue weighted by molar-refractivity contribution is 0.0696. The third-order valence-corrected chi connectivity index (χ3v) is 2.42. The molecule has 0 amide bonds. The highest BCUT2D eigenvalue weighted by molar-refractivity contribution is 6.07. The maximum absolute atomic E-state index is 11.0. The molecule has 2 aromatic carbocycles. The van der Waals surface area contributed by atoms with Crippen LogP contribution in [0.25, 0.3) is 10.8 Å². The van der Waals surface area contributed by atoms with Crippen LogP contribution in [0.5, 0.6) is 5.75 Å². The lowest BCUT2D eigenvalue weighted by atomic mass is 10.0. The van der Waals surface area contributed by atoms with Crippen LogP contribution < -0.4 is 0 Å². The van der Waals surface area contributed by atoms with Crippen molar-refractivity contribution in [3.8, 4) is 5.75 Å². The zero-order chi connectivity index (χ0) is 12.6. The van der Waals surface area contributed by atoms with Gasteiger partial charge in [-0.3, -0.25) is 0 Å². The molecule has 5 heteroatoms. The first-order valence-corrected chi connectivity index (χ1v) is 4.72. The van der Waals surface area contributed by atoms with Crippen molar-refractivity contribution in [2.24, 2.45) is 0 Å². The van der Waals surface area contributed by atoms with Crippen molar-refractivity contribution in [2.45, 2.75) is 0 Å². The molecule has 0 aliphatic heterocycles. The van der Waals surface area contributed by atoms with Crippen molar-refractivity contribution in [3.05, 3.63) is 41.5 Å². The molecule has 2 rings (SSSR count). The van der Waals surface area contributed by atoms with Gasteiger partial charge in [-0.15, -0.1) is 0 Å². The van der Waals surface area contributed by atoms with Crippen LogP contribution in [0.15, 0.2) is 30.3 Å². The fourth-order valence-electron chi connectivity index (χ4n) is 1.65. The SMILES string of the molecule is O=C(O)c1cc(C(=O)O)c2cc(O)ccc2c1. The molecule has 17 heavy (non-hydrogen) atoms. The molecule has 5 nitrogen and oxygen atoms in total. The lowest BCUT2D eigenvalue weighted by Crippen LogP contribution is -2.03. The number of carboxylic acids is 2. The van der Waals surface area contributed by atoms with E-state index in [1.165, 1.54) is 24.3 Å². The van der Waals surface area contributed by atoms with Gasteiger partial charge in [0.25, 0.3) is 0 Å². The maximum atomic E-state index is 11.0. The van der Waals surface area contributed by atoms with Gasteiger partial charge >= 0.3 is 11.9 Å². The molecular formula is C12H8O5. The molecule has 0 saturated heterocycles. The number of aromatic carboxylic acids is 2. The van der Waals surface area contributed by atoms with Gasteiger partial charge in [0.15, 0.2) is 0 Å². The van der Waals surface area contributed by atoms with Crippen molar-refractivity contribution in [2.75, 3.05) is 0 Å². The Kier molecular flexibility index (Phi) is 2.44. The van der Waals surface area contributed by atoms with Crippen molar-refractivity contribution in [1.82, 2.24) is 0 Å². The van der Waals surface area contributed by atoms with Crippen LogP contribution in [0.4, 0.5) is 0 Å². The van der Waals surface area contributed by atoms with Gasteiger partial charge in [-0.1, -0.05) is 6.07 Å². The topological polar surface area (TPSA) is 94.8 Å². The van der Waals surface area contributed by atoms with Crippen LogP contribution in [-0.4, -0.2) is 27.3 Å². The molecule has 0 aromatic heterocycles. The van der Waals surface area contributed by atoms with Gasteiger partial charge in [0.2, 0.25) is 0 Å². The second-order valence-corrected chi connectivity index (χ2v) is 3.54. The van der Waals surface area contributed by atoms with E-state index >= 15 is 0 Å². The number of phenolic OH excluding ortho intramolecular Hbond substituents is 1. The molecule has 86 valence electrons. The highest BCUT2D eigenvalue weighted by Gasteiger charge is 2.14. The first-order chi connectivity index (χ1) is 7.99. The predicted molar refractivity (Wildman–Crippen MR) is 59.5 cm³/mol. The minimum atomic E-state index is -1.23. The number of hydrogen-bond acceptors (Lipinski definition) is 3. The van der Waals surface area contributed by atoms with Crippen molar-refractivity contribution < 1.29 is 24.9 Å². The quantitative estimate of drug-likeness (QED) is 0.735. The van der Waals surface area contributed by atoms with Gasteiger partial charge < -0.3 is 15.3 Å². The van der Waals surface area contributed by atoms with E-state index in [1.807, 2.05) is 0 Å². The van der Waals surface area contributed by atoms with Gasteiger partial charge in [0.05, 0.1) is 11.1 Å². The summed E-state index contributed by atoms with van der Waals surface area (Å²) in [6.45, 7) is 0. The lowest BCUT2D eigenvalue weighted by Gasteiger charge is -2.05. The normalized spacial score (nSPS) is 10.4. The van der Waals surface area contributed by atoms with Gasteiger partial charge in [0.1, 0.15) is 5.75 Å². The smallest absolute Gasteiger partial charge is 0.336 e. The van der Waals surface area contributed by atoms with Crippen LogP contribution in [0.2, 0.25) is 0 Å². The molecule has 0 unspecified atom stereocenters. The van der Waals surface area contributed by atoms with Crippen LogP contribution in [-0.2, 0) is 0 Å². The monoisotopic (exact) mass is 232 g/mol. The molecule has 0 aliphatic rings. The Labute approximate surface area is 95.5 Å². The summed E-state index contributed by atoms with van der Waals surface area (Å²) in [6.07, 6.45) is 0. The predicted octanol–water partition coefficient (Wildman–Crippen LogP) is 1.94. The molecule has 0 heterocycles. The average molecular weight is 232 g/mol. The molecule has 2 aromatic rings. The highest BCUT2D eigenvalue weighted by Crippen LogP contribution is 2.25. The van der Waals surface area contributed by atoms with E-state index in [4.69, 9.17) is 10.2 Å². The van der Waals surface area contributed by atoms with Crippen LogP contribution in [0.3, 0.4) is 0 Å².